The number of benzene rings is 1. The van der Waals surface area contributed by atoms with Gasteiger partial charge in [0.25, 0.3) is 0 Å². The molecule has 1 amide bonds. The van der Waals surface area contributed by atoms with Crippen molar-refractivity contribution in [3.8, 4) is 0 Å². The van der Waals surface area contributed by atoms with Crippen molar-refractivity contribution in [3.05, 3.63) is 24.0 Å². The molecule has 4 aliphatic rings. The number of amides is 1. The van der Waals surface area contributed by atoms with Gasteiger partial charge in [-0.25, -0.2) is 4.39 Å². The van der Waals surface area contributed by atoms with E-state index in [9.17, 15) is 9.18 Å². The Morgan fingerprint density at radius 2 is 1.71 bits per heavy atom. The summed E-state index contributed by atoms with van der Waals surface area (Å²) < 4.78 is 13.2. The van der Waals surface area contributed by atoms with E-state index in [1.165, 1.54) is 31.4 Å². The van der Waals surface area contributed by atoms with Gasteiger partial charge in [0.15, 0.2) is 0 Å². The second kappa shape index (κ2) is 4.46. The first-order valence-electron chi connectivity index (χ1n) is 7.90. The summed E-state index contributed by atoms with van der Waals surface area (Å²) in [6, 6.07) is 4.41. The van der Waals surface area contributed by atoms with Crippen LogP contribution in [0.15, 0.2) is 18.2 Å². The molecule has 4 bridgehead atoms. The zero-order chi connectivity index (χ0) is 14.6. The molecule has 0 aliphatic heterocycles. The minimum atomic E-state index is -0.442. The third-order valence-electron chi connectivity index (χ3n) is 5.77. The second-order valence-electron chi connectivity index (χ2n) is 7.39. The maximum Gasteiger partial charge on any atom is 0.230 e. The predicted octanol–water partition coefficient (Wildman–Crippen LogP) is 3.56. The van der Waals surface area contributed by atoms with Crippen LogP contribution >= 0.6 is 0 Å². The highest BCUT2D eigenvalue weighted by atomic mass is 19.1. The Morgan fingerprint density at radius 3 is 2.24 bits per heavy atom. The molecule has 4 aliphatic carbocycles. The average Bonchev–Trinajstić information content (AvgIpc) is 2.41. The maximum atomic E-state index is 13.2. The number of carbonyl (C=O) groups is 1. The van der Waals surface area contributed by atoms with Gasteiger partial charge in [0.2, 0.25) is 5.91 Å². The largest absolute Gasteiger partial charge is 0.396 e. The van der Waals surface area contributed by atoms with Gasteiger partial charge in [0.1, 0.15) is 5.82 Å². The molecule has 0 aromatic heterocycles. The van der Waals surface area contributed by atoms with Crippen LogP contribution in [0.3, 0.4) is 0 Å². The summed E-state index contributed by atoms with van der Waals surface area (Å²) in [6.45, 7) is 0. The molecule has 112 valence electrons. The van der Waals surface area contributed by atoms with Crippen molar-refractivity contribution in [2.45, 2.75) is 38.5 Å². The summed E-state index contributed by atoms with van der Waals surface area (Å²) in [6.07, 6.45) is 7.03. The second-order valence-corrected chi connectivity index (χ2v) is 7.39. The first-order chi connectivity index (χ1) is 10.0. The van der Waals surface area contributed by atoms with Gasteiger partial charge in [-0.05, 0) is 74.5 Å². The minimum Gasteiger partial charge on any atom is -0.396 e. The molecule has 3 nitrogen and oxygen atoms in total. The molecule has 0 radical (unpaired) electrons. The van der Waals surface area contributed by atoms with Gasteiger partial charge in [0.05, 0.1) is 11.1 Å². The smallest absolute Gasteiger partial charge is 0.230 e. The van der Waals surface area contributed by atoms with Crippen molar-refractivity contribution in [1.29, 1.82) is 0 Å². The van der Waals surface area contributed by atoms with E-state index in [0.717, 1.165) is 37.0 Å². The number of hydrogen-bond acceptors (Lipinski definition) is 2. The van der Waals surface area contributed by atoms with Crippen LogP contribution in [-0.2, 0) is 4.79 Å². The predicted molar refractivity (Wildman–Crippen MR) is 80.0 cm³/mol. The molecule has 4 saturated carbocycles. The van der Waals surface area contributed by atoms with E-state index in [0.29, 0.717) is 5.69 Å². The maximum absolute atomic E-state index is 13.2. The van der Waals surface area contributed by atoms with Crippen molar-refractivity contribution in [1.82, 2.24) is 0 Å². The number of nitrogens with two attached hydrogens (primary N) is 1. The van der Waals surface area contributed by atoms with Crippen LogP contribution in [0.4, 0.5) is 15.8 Å². The summed E-state index contributed by atoms with van der Waals surface area (Å²) in [7, 11) is 0. The Balaban J connectivity index is 1.56. The van der Waals surface area contributed by atoms with E-state index in [-0.39, 0.29) is 17.0 Å². The monoisotopic (exact) mass is 288 g/mol. The van der Waals surface area contributed by atoms with E-state index in [1.54, 1.807) is 6.07 Å². The number of halogens is 1. The molecule has 4 fully saturated rings. The van der Waals surface area contributed by atoms with Gasteiger partial charge in [-0.3, -0.25) is 4.79 Å². The molecular weight excluding hydrogens is 267 g/mol. The highest BCUT2D eigenvalue weighted by molar-refractivity contribution is 5.96. The fourth-order valence-corrected chi connectivity index (χ4v) is 5.27. The summed E-state index contributed by atoms with van der Waals surface area (Å²) in [4.78, 5) is 12.8. The first-order valence-corrected chi connectivity index (χ1v) is 7.90. The van der Waals surface area contributed by atoms with Crippen LogP contribution in [0.5, 0.6) is 0 Å². The van der Waals surface area contributed by atoms with E-state index in [4.69, 9.17) is 5.73 Å². The summed E-state index contributed by atoms with van der Waals surface area (Å²) >= 11 is 0. The topological polar surface area (TPSA) is 55.1 Å². The number of anilines is 2. The molecule has 0 saturated heterocycles. The summed E-state index contributed by atoms with van der Waals surface area (Å²) in [5.41, 5.74) is 6.08. The molecule has 0 heterocycles. The standard InChI is InChI=1S/C17H21FN2O/c18-14-2-1-13(6-15(14)19)20-16(21)17-7-10-3-11(8-17)5-12(4-10)9-17/h1-2,6,10-12H,3-5,7-9,19H2,(H,20,21). The quantitative estimate of drug-likeness (QED) is 0.817. The Morgan fingerprint density at radius 1 is 1.14 bits per heavy atom. The molecule has 3 N–H and O–H groups in total. The van der Waals surface area contributed by atoms with Crippen LogP contribution in [-0.4, -0.2) is 5.91 Å². The fraction of sp³-hybridized carbons (Fsp3) is 0.588. The fourth-order valence-electron chi connectivity index (χ4n) is 5.27. The Bertz CT molecular complexity index is 563. The van der Waals surface area contributed by atoms with E-state index >= 15 is 0 Å². The normalized spacial score (nSPS) is 36.7. The number of carbonyl (C=O) groups excluding carboxylic acids is 1. The van der Waals surface area contributed by atoms with Crippen LogP contribution < -0.4 is 11.1 Å². The SMILES string of the molecule is Nc1cc(NC(=O)C23CC4CC(CC(C4)C2)C3)ccc1F. The molecule has 0 atom stereocenters. The molecule has 1 aromatic rings. The lowest BCUT2D eigenvalue weighted by Gasteiger charge is -2.55. The molecule has 0 spiro atoms. The van der Waals surface area contributed by atoms with E-state index in [1.807, 2.05) is 0 Å². The van der Waals surface area contributed by atoms with Crippen LogP contribution in [0, 0.1) is 29.0 Å². The van der Waals surface area contributed by atoms with Crippen molar-refractivity contribution < 1.29 is 9.18 Å². The van der Waals surface area contributed by atoms with Crippen molar-refractivity contribution >= 4 is 17.3 Å². The zero-order valence-electron chi connectivity index (χ0n) is 12.1. The Labute approximate surface area is 124 Å². The number of rotatable bonds is 2. The van der Waals surface area contributed by atoms with Gasteiger partial charge in [-0.15, -0.1) is 0 Å². The highest BCUT2D eigenvalue weighted by Gasteiger charge is 2.54. The molecule has 1 aromatic carbocycles. The molecule has 21 heavy (non-hydrogen) atoms. The van der Waals surface area contributed by atoms with Gasteiger partial charge in [-0.1, -0.05) is 0 Å². The van der Waals surface area contributed by atoms with Gasteiger partial charge in [-0.2, -0.15) is 0 Å². The van der Waals surface area contributed by atoms with Crippen molar-refractivity contribution in [2.24, 2.45) is 23.2 Å². The molecule has 4 heteroatoms. The molecule has 0 unspecified atom stereocenters. The molecule has 5 rings (SSSR count). The summed E-state index contributed by atoms with van der Waals surface area (Å²) in [5.74, 6) is 1.89. The van der Waals surface area contributed by atoms with Crippen LogP contribution in [0.1, 0.15) is 38.5 Å². The zero-order valence-corrected chi connectivity index (χ0v) is 12.1. The van der Waals surface area contributed by atoms with E-state index in [2.05, 4.69) is 5.32 Å². The Hall–Kier alpha value is -1.58. The van der Waals surface area contributed by atoms with Crippen LogP contribution in [0.25, 0.3) is 0 Å². The van der Waals surface area contributed by atoms with Gasteiger partial charge >= 0.3 is 0 Å². The number of nitrogens with one attached hydrogen (secondary N) is 1. The van der Waals surface area contributed by atoms with Crippen molar-refractivity contribution in [3.63, 3.8) is 0 Å². The van der Waals surface area contributed by atoms with Gasteiger partial charge < -0.3 is 11.1 Å². The lowest BCUT2D eigenvalue weighted by Crippen LogP contribution is -2.51. The number of hydrogen-bond donors (Lipinski definition) is 2. The lowest BCUT2D eigenvalue weighted by atomic mass is 9.49. The summed E-state index contributed by atoms with van der Waals surface area (Å²) in [5, 5.41) is 2.98. The third-order valence-corrected chi connectivity index (χ3v) is 5.77. The van der Waals surface area contributed by atoms with E-state index < -0.39 is 5.82 Å². The first kappa shape index (κ1) is 13.1. The minimum absolute atomic E-state index is 0.0818. The van der Waals surface area contributed by atoms with Crippen molar-refractivity contribution in [2.75, 3.05) is 11.1 Å². The average molecular weight is 288 g/mol. The lowest BCUT2D eigenvalue weighted by molar-refractivity contribution is -0.140. The third kappa shape index (κ3) is 2.12. The van der Waals surface area contributed by atoms with Crippen LogP contribution in [0.2, 0.25) is 0 Å². The Kier molecular flexibility index (Phi) is 2.78. The highest BCUT2D eigenvalue weighted by Crippen LogP contribution is 2.60. The number of nitrogen functional groups attached to an aromatic ring is 1. The molecular formula is C17H21FN2O. The van der Waals surface area contributed by atoms with Gasteiger partial charge in [0, 0.05) is 5.69 Å².